The lowest BCUT2D eigenvalue weighted by Gasteiger charge is -2.34. The van der Waals surface area contributed by atoms with Crippen LogP contribution in [0.2, 0.25) is 0 Å². The van der Waals surface area contributed by atoms with Crippen molar-refractivity contribution < 1.29 is 14.3 Å². The number of hydrogen-bond donors (Lipinski definition) is 1. The Morgan fingerprint density at radius 2 is 1.96 bits per heavy atom. The normalized spacial score (nSPS) is 18.5. The second kappa shape index (κ2) is 7.09. The topological polar surface area (TPSA) is 50.8 Å². The molecular weight excluding hydrogens is 304 g/mol. The molecular formula is C19H24N2O3. The van der Waals surface area contributed by atoms with E-state index in [1.807, 2.05) is 24.3 Å². The van der Waals surface area contributed by atoms with E-state index in [9.17, 15) is 4.79 Å². The van der Waals surface area contributed by atoms with Gasteiger partial charge in [-0.25, -0.2) is 0 Å². The van der Waals surface area contributed by atoms with Crippen molar-refractivity contribution in [3.8, 4) is 11.5 Å². The molecule has 3 rings (SSSR count). The number of methoxy groups -OCH3 is 2. The molecule has 5 heteroatoms. The van der Waals surface area contributed by atoms with Gasteiger partial charge in [0.25, 0.3) is 0 Å². The smallest absolute Gasteiger partial charge is 0.237 e. The molecule has 1 heterocycles. The van der Waals surface area contributed by atoms with E-state index in [4.69, 9.17) is 9.47 Å². The highest BCUT2D eigenvalue weighted by Crippen LogP contribution is 2.35. The number of carbonyl (C=O) groups excluding carboxylic acids is 1. The monoisotopic (exact) mass is 328 g/mol. The largest absolute Gasteiger partial charge is 0.496 e. The molecule has 1 fully saturated rings. The summed E-state index contributed by atoms with van der Waals surface area (Å²) in [6, 6.07) is 9.96. The van der Waals surface area contributed by atoms with Crippen molar-refractivity contribution in [1.82, 2.24) is 10.2 Å². The van der Waals surface area contributed by atoms with Gasteiger partial charge >= 0.3 is 0 Å². The Hall–Kier alpha value is -2.27. The molecule has 2 aromatic carbocycles. The zero-order valence-corrected chi connectivity index (χ0v) is 14.5. The Morgan fingerprint density at radius 1 is 1.17 bits per heavy atom. The molecule has 0 saturated carbocycles. The number of nitrogens with zero attached hydrogens (tertiary/aromatic N) is 1. The molecule has 0 spiro atoms. The van der Waals surface area contributed by atoms with Gasteiger partial charge in [0.1, 0.15) is 11.5 Å². The van der Waals surface area contributed by atoms with Gasteiger partial charge in [-0.15, -0.1) is 0 Å². The lowest BCUT2D eigenvalue weighted by Crippen LogP contribution is -2.54. The minimum absolute atomic E-state index is 0.0781. The first-order chi connectivity index (χ1) is 11.7. The number of nitrogens with one attached hydrogen (secondary N) is 1. The first kappa shape index (κ1) is 16.6. The van der Waals surface area contributed by atoms with E-state index in [2.05, 4.69) is 23.2 Å². The number of hydrogen-bond acceptors (Lipinski definition) is 4. The second-order valence-corrected chi connectivity index (χ2v) is 6.00. The summed E-state index contributed by atoms with van der Waals surface area (Å²) in [7, 11) is 3.36. The SMILES string of the molecule is CC[C@@H]1C(=O)NCCN1Cc1ccc(OC)c2cccc(OC)c12. The quantitative estimate of drug-likeness (QED) is 0.916. The highest BCUT2D eigenvalue weighted by molar-refractivity contribution is 5.96. The average molecular weight is 328 g/mol. The van der Waals surface area contributed by atoms with Gasteiger partial charge in [0.15, 0.2) is 0 Å². The zero-order chi connectivity index (χ0) is 17.1. The summed E-state index contributed by atoms with van der Waals surface area (Å²) < 4.78 is 11.1. The first-order valence-corrected chi connectivity index (χ1v) is 8.34. The molecule has 1 N–H and O–H groups in total. The molecule has 24 heavy (non-hydrogen) atoms. The Kier molecular flexibility index (Phi) is 4.90. The third-order valence-corrected chi connectivity index (χ3v) is 4.69. The molecule has 1 amide bonds. The molecule has 0 radical (unpaired) electrons. The van der Waals surface area contributed by atoms with Crippen LogP contribution in [0.1, 0.15) is 18.9 Å². The van der Waals surface area contributed by atoms with E-state index in [1.165, 1.54) is 0 Å². The van der Waals surface area contributed by atoms with Gasteiger partial charge in [0.2, 0.25) is 5.91 Å². The van der Waals surface area contributed by atoms with Crippen LogP contribution in [-0.2, 0) is 11.3 Å². The van der Waals surface area contributed by atoms with Crippen LogP contribution in [0.25, 0.3) is 10.8 Å². The van der Waals surface area contributed by atoms with Crippen molar-refractivity contribution in [3.63, 3.8) is 0 Å². The number of rotatable bonds is 5. The van der Waals surface area contributed by atoms with Crippen LogP contribution in [0.15, 0.2) is 30.3 Å². The van der Waals surface area contributed by atoms with Crippen LogP contribution in [0.3, 0.4) is 0 Å². The van der Waals surface area contributed by atoms with Crippen molar-refractivity contribution in [3.05, 3.63) is 35.9 Å². The molecule has 5 nitrogen and oxygen atoms in total. The zero-order valence-electron chi connectivity index (χ0n) is 14.5. The van der Waals surface area contributed by atoms with Crippen molar-refractivity contribution in [1.29, 1.82) is 0 Å². The number of amides is 1. The molecule has 0 aliphatic carbocycles. The fourth-order valence-electron chi connectivity index (χ4n) is 3.51. The molecule has 128 valence electrons. The molecule has 1 aliphatic rings. The maximum absolute atomic E-state index is 12.1. The molecule has 0 aromatic heterocycles. The van der Waals surface area contributed by atoms with Gasteiger partial charge < -0.3 is 14.8 Å². The van der Waals surface area contributed by atoms with E-state index in [0.717, 1.165) is 40.8 Å². The maximum Gasteiger partial charge on any atom is 0.237 e. The van der Waals surface area contributed by atoms with Crippen LogP contribution < -0.4 is 14.8 Å². The van der Waals surface area contributed by atoms with Gasteiger partial charge in [-0.05, 0) is 24.1 Å². The molecule has 1 atom stereocenters. The molecule has 2 aromatic rings. The van der Waals surface area contributed by atoms with Gasteiger partial charge in [-0.2, -0.15) is 0 Å². The van der Waals surface area contributed by atoms with E-state index in [-0.39, 0.29) is 11.9 Å². The van der Waals surface area contributed by atoms with Crippen LogP contribution in [0.5, 0.6) is 11.5 Å². The summed E-state index contributed by atoms with van der Waals surface area (Å²) >= 11 is 0. The minimum atomic E-state index is -0.0781. The highest BCUT2D eigenvalue weighted by atomic mass is 16.5. The fourth-order valence-corrected chi connectivity index (χ4v) is 3.51. The van der Waals surface area contributed by atoms with Crippen LogP contribution in [0, 0.1) is 0 Å². The summed E-state index contributed by atoms with van der Waals surface area (Å²) in [6.45, 7) is 4.32. The van der Waals surface area contributed by atoms with Gasteiger partial charge in [0.05, 0.1) is 20.3 Å². The van der Waals surface area contributed by atoms with Gasteiger partial charge in [-0.3, -0.25) is 9.69 Å². The molecule has 0 unspecified atom stereocenters. The first-order valence-electron chi connectivity index (χ1n) is 8.34. The summed E-state index contributed by atoms with van der Waals surface area (Å²) in [5, 5.41) is 5.04. The number of fused-ring (bicyclic) bond motifs is 1. The Bertz CT molecular complexity index is 745. The predicted octanol–water partition coefficient (Wildman–Crippen LogP) is 2.57. The average Bonchev–Trinajstić information content (AvgIpc) is 2.61. The van der Waals surface area contributed by atoms with E-state index < -0.39 is 0 Å². The van der Waals surface area contributed by atoms with Crippen molar-refractivity contribution in [2.45, 2.75) is 25.9 Å². The van der Waals surface area contributed by atoms with Crippen LogP contribution >= 0.6 is 0 Å². The lowest BCUT2D eigenvalue weighted by molar-refractivity contribution is -0.129. The van der Waals surface area contributed by atoms with E-state index in [0.29, 0.717) is 13.1 Å². The molecule has 0 bridgehead atoms. The Morgan fingerprint density at radius 3 is 2.67 bits per heavy atom. The van der Waals surface area contributed by atoms with Gasteiger partial charge in [-0.1, -0.05) is 25.1 Å². The Labute approximate surface area is 142 Å². The number of piperazine rings is 1. The summed E-state index contributed by atoms with van der Waals surface area (Å²) in [5.74, 6) is 1.78. The summed E-state index contributed by atoms with van der Waals surface area (Å²) in [5.41, 5.74) is 1.15. The van der Waals surface area contributed by atoms with Crippen molar-refractivity contribution in [2.75, 3.05) is 27.3 Å². The lowest BCUT2D eigenvalue weighted by atomic mass is 10.0. The highest BCUT2D eigenvalue weighted by Gasteiger charge is 2.28. The van der Waals surface area contributed by atoms with Crippen molar-refractivity contribution in [2.24, 2.45) is 0 Å². The molecule has 1 saturated heterocycles. The van der Waals surface area contributed by atoms with Crippen LogP contribution in [-0.4, -0.2) is 44.2 Å². The summed E-state index contributed by atoms with van der Waals surface area (Å²) in [6.07, 6.45) is 0.803. The molecule has 1 aliphatic heterocycles. The third-order valence-electron chi connectivity index (χ3n) is 4.69. The van der Waals surface area contributed by atoms with Crippen LogP contribution in [0.4, 0.5) is 0 Å². The minimum Gasteiger partial charge on any atom is -0.496 e. The number of carbonyl (C=O) groups is 1. The van der Waals surface area contributed by atoms with E-state index in [1.54, 1.807) is 14.2 Å². The third kappa shape index (κ3) is 2.91. The van der Waals surface area contributed by atoms with Gasteiger partial charge in [0, 0.05) is 30.4 Å². The Balaban J connectivity index is 2.04. The summed E-state index contributed by atoms with van der Waals surface area (Å²) in [4.78, 5) is 14.4. The maximum atomic E-state index is 12.1. The second-order valence-electron chi connectivity index (χ2n) is 6.00. The number of ether oxygens (including phenoxy) is 2. The van der Waals surface area contributed by atoms with E-state index >= 15 is 0 Å². The fraction of sp³-hybridized carbons (Fsp3) is 0.421. The standard InChI is InChI=1S/C19H24N2O3/c1-4-15-19(22)20-10-11-21(15)12-13-8-9-16(23-2)14-6-5-7-17(24-3)18(13)14/h5-9,15H,4,10-12H2,1-3H3,(H,20,22)/t15-/m1/s1. The van der Waals surface area contributed by atoms with Crippen molar-refractivity contribution >= 4 is 16.7 Å². The number of benzene rings is 2. The predicted molar refractivity (Wildman–Crippen MR) is 94.6 cm³/mol.